The van der Waals surface area contributed by atoms with E-state index in [1.165, 1.54) is 5.56 Å². The predicted molar refractivity (Wildman–Crippen MR) is 77.7 cm³/mol. The van der Waals surface area contributed by atoms with Crippen molar-refractivity contribution in [3.05, 3.63) is 40.6 Å². The van der Waals surface area contributed by atoms with Crippen LogP contribution >= 0.6 is 0 Å². The van der Waals surface area contributed by atoms with Crippen molar-refractivity contribution >= 4 is 5.82 Å². The van der Waals surface area contributed by atoms with Gasteiger partial charge in [0.2, 0.25) is 0 Å². The van der Waals surface area contributed by atoms with Gasteiger partial charge in [-0.15, -0.1) is 0 Å². The molecule has 0 amide bonds. The van der Waals surface area contributed by atoms with Crippen LogP contribution in [0.1, 0.15) is 22.4 Å². The van der Waals surface area contributed by atoms with Crippen molar-refractivity contribution in [2.45, 2.75) is 27.4 Å². The number of anilines is 1. The molecule has 19 heavy (non-hydrogen) atoms. The van der Waals surface area contributed by atoms with E-state index in [2.05, 4.69) is 42.5 Å². The summed E-state index contributed by atoms with van der Waals surface area (Å²) in [6.07, 6.45) is 0. The van der Waals surface area contributed by atoms with Crippen molar-refractivity contribution in [1.82, 2.24) is 9.78 Å². The molecule has 4 heteroatoms. The van der Waals surface area contributed by atoms with E-state index in [1.807, 2.05) is 25.7 Å². The molecule has 0 aliphatic carbocycles. The maximum absolute atomic E-state index is 5.95. The second kappa shape index (κ2) is 5.34. The molecule has 0 fully saturated rings. The van der Waals surface area contributed by atoms with E-state index in [-0.39, 0.29) is 0 Å². The molecule has 0 saturated carbocycles. The number of rotatable bonds is 4. The van der Waals surface area contributed by atoms with Gasteiger partial charge < -0.3 is 10.1 Å². The minimum absolute atomic E-state index is 0.528. The van der Waals surface area contributed by atoms with Gasteiger partial charge in [-0.2, -0.15) is 5.10 Å². The smallest absolute Gasteiger partial charge is 0.130 e. The third-order valence-electron chi connectivity index (χ3n) is 3.30. The fraction of sp³-hybridized carbons (Fsp3) is 0.400. The highest BCUT2D eigenvalue weighted by molar-refractivity contribution is 5.47. The highest BCUT2D eigenvalue weighted by atomic mass is 16.5. The molecule has 0 unspecified atom stereocenters. The Morgan fingerprint density at radius 1 is 1.26 bits per heavy atom. The van der Waals surface area contributed by atoms with Gasteiger partial charge in [0, 0.05) is 14.1 Å². The van der Waals surface area contributed by atoms with Crippen LogP contribution in [0, 0.1) is 20.8 Å². The molecule has 0 aliphatic heterocycles. The first-order valence-corrected chi connectivity index (χ1v) is 6.43. The molecular weight excluding hydrogens is 238 g/mol. The summed E-state index contributed by atoms with van der Waals surface area (Å²) in [6, 6.07) is 6.25. The molecular formula is C15H21N3O. The Bertz CT molecular complexity index is 587. The average molecular weight is 259 g/mol. The largest absolute Gasteiger partial charge is 0.488 e. The molecule has 0 bridgehead atoms. The Balaban J connectivity index is 2.21. The molecule has 0 radical (unpaired) electrons. The molecule has 2 aromatic rings. The Morgan fingerprint density at radius 2 is 2.00 bits per heavy atom. The lowest BCUT2D eigenvalue weighted by Crippen LogP contribution is -2.03. The summed E-state index contributed by atoms with van der Waals surface area (Å²) in [5, 5.41) is 7.58. The molecule has 1 heterocycles. The molecule has 102 valence electrons. The number of benzene rings is 1. The zero-order chi connectivity index (χ0) is 14.0. The molecule has 1 N–H and O–H groups in total. The minimum atomic E-state index is 0.528. The Hall–Kier alpha value is -1.97. The van der Waals surface area contributed by atoms with Crippen molar-refractivity contribution in [2.24, 2.45) is 7.05 Å². The van der Waals surface area contributed by atoms with Crippen LogP contribution in [0.3, 0.4) is 0 Å². The van der Waals surface area contributed by atoms with E-state index in [9.17, 15) is 0 Å². The Kier molecular flexibility index (Phi) is 3.79. The van der Waals surface area contributed by atoms with E-state index in [4.69, 9.17) is 4.74 Å². The monoisotopic (exact) mass is 259 g/mol. The quantitative estimate of drug-likeness (QED) is 0.917. The lowest BCUT2D eigenvalue weighted by molar-refractivity contribution is 0.303. The number of hydrogen-bond donors (Lipinski definition) is 1. The zero-order valence-electron chi connectivity index (χ0n) is 12.2. The minimum Gasteiger partial charge on any atom is -0.488 e. The molecule has 1 aromatic heterocycles. The second-order valence-electron chi connectivity index (χ2n) is 4.84. The molecule has 1 aromatic carbocycles. The number of hydrogen-bond acceptors (Lipinski definition) is 3. The first-order valence-electron chi connectivity index (χ1n) is 6.43. The Morgan fingerprint density at radius 3 is 2.68 bits per heavy atom. The predicted octanol–water partition coefficient (Wildman–Crippen LogP) is 2.97. The first kappa shape index (κ1) is 13.5. The van der Waals surface area contributed by atoms with Gasteiger partial charge in [0.05, 0.1) is 11.3 Å². The van der Waals surface area contributed by atoms with Gasteiger partial charge in [0.15, 0.2) is 0 Å². The van der Waals surface area contributed by atoms with Gasteiger partial charge in [-0.1, -0.05) is 12.1 Å². The van der Waals surface area contributed by atoms with E-state index in [0.29, 0.717) is 6.61 Å². The van der Waals surface area contributed by atoms with Crippen molar-refractivity contribution in [1.29, 1.82) is 0 Å². The number of nitrogens with one attached hydrogen (secondary N) is 1. The summed E-state index contributed by atoms with van der Waals surface area (Å²) in [5.74, 6) is 1.94. The highest BCUT2D eigenvalue weighted by Crippen LogP contribution is 2.24. The molecule has 0 saturated heterocycles. The van der Waals surface area contributed by atoms with Gasteiger partial charge in [0.1, 0.15) is 18.2 Å². The van der Waals surface area contributed by atoms with Crippen LogP contribution in [-0.2, 0) is 13.7 Å². The number of aryl methyl sites for hydroxylation is 4. The topological polar surface area (TPSA) is 39.1 Å². The molecule has 0 spiro atoms. The normalized spacial score (nSPS) is 10.6. The van der Waals surface area contributed by atoms with E-state index in [0.717, 1.165) is 28.4 Å². The highest BCUT2D eigenvalue weighted by Gasteiger charge is 2.13. The van der Waals surface area contributed by atoms with Crippen LogP contribution < -0.4 is 10.1 Å². The molecule has 0 atom stereocenters. The number of nitrogens with zero attached hydrogens (tertiary/aromatic N) is 2. The van der Waals surface area contributed by atoms with Crippen LogP contribution in [0.4, 0.5) is 5.82 Å². The van der Waals surface area contributed by atoms with Crippen LogP contribution in [0.25, 0.3) is 0 Å². The summed E-state index contributed by atoms with van der Waals surface area (Å²) in [6.45, 7) is 6.66. The summed E-state index contributed by atoms with van der Waals surface area (Å²) >= 11 is 0. The first-order chi connectivity index (χ1) is 9.02. The SMILES string of the molecule is CNc1c(COc2cc(C)ccc2C)c(C)nn1C. The van der Waals surface area contributed by atoms with E-state index in [1.54, 1.807) is 0 Å². The molecule has 4 nitrogen and oxygen atoms in total. The summed E-state index contributed by atoms with van der Waals surface area (Å²) in [4.78, 5) is 0. The maximum Gasteiger partial charge on any atom is 0.130 e. The van der Waals surface area contributed by atoms with Gasteiger partial charge in [-0.05, 0) is 38.0 Å². The molecule has 2 rings (SSSR count). The van der Waals surface area contributed by atoms with Gasteiger partial charge in [0.25, 0.3) is 0 Å². The van der Waals surface area contributed by atoms with E-state index >= 15 is 0 Å². The fourth-order valence-corrected chi connectivity index (χ4v) is 2.20. The number of ether oxygens (including phenoxy) is 1. The summed E-state index contributed by atoms with van der Waals surface area (Å²) in [5.41, 5.74) is 4.46. The third kappa shape index (κ3) is 2.72. The zero-order valence-corrected chi connectivity index (χ0v) is 12.2. The second-order valence-corrected chi connectivity index (χ2v) is 4.84. The van der Waals surface area contributed by atoms with Crippen molar-refractivity contribution in [2.75, 3.05) is 12.4 Å². The number of aromatic nitrogens is 2. The van der Waals surface area contributed by atoms with Crippen molar-refractivity contribution in [3.8, 4) is 5.75 Å². The maximum atomic E-state index is 5.95. The van der Waals surface area contributed by atoms with Crippen LogP contribution in [0.5, 0.6) is 5.75 Å². The Labute approximate surface area is 114 Å². The summed E-state index contributed by atoms with van der Waals surface area (Å²) in [7, 11) is 3.83. The van der Waals surface area contributed by atoms with Gasteiger partial charge in [-0.25, -0.2) is 0 Å². The van der Waals surface area contributed by atoms with Gasteiger partial charge >= 0.3 is 0 Å². The van der Waals surface area contributed by atoms with Crippen LogP contribution in [0.2, 0.25) is 0 Å². The lowest BCUT2D eigenvalue weighted by atomic mass is 10.1. The fourth-order valence-electron chi connectivity index (χ4n) is 2.20. The average Bonchev–Trinajstić information content (AvgIpc) is 2.64. The van der Waals surface area contributed by atoms with Gasteiger partial charge in [-0.3, -0.25) is 4.68 Å². The van der Waals surface area contributed by atoms with Crippen LogP contribution in [0.15, 0.2) is 18.2 Å². The molecule has 0 aliphatic rings. The lowest BCUT2D eigenvalue weighted by Gasteiger charge is -2.11. The van der Waals surface area contributed by atoms with Crippen molar-refractivity contribution in [3.63, 3.8) is 0 Å². The van der Waals surface area contributed by atoms with E-state index < -0.39 is 0 Å². The standard InChI is InChI=1S/C15H21N3O/c1-10-6-7-11(2)14(8-10)19-9-13-12(3)17-18(5)15(13)16-4/h6-8,16H,9H2,1-5H3. The third-order valence-corrected chi connectivity index (χ3v) is 3.30. The van der Waals surface area contributed by atoms with Crippen LogP contribution in [-0.4, -0.2) is 16.8 Å². The van der Waals surface area contributed by atoms with Crippen molar-refractivity contribution < 1.29 is 4.74 Å². The summed E-state index contributed by atoms with van der Waals surface area (Å²) < 4.78 is 7.79.